The Morgan fingerprint density at radius 3 is 2.64 bits per heavy atom. The van der Waals surface area contributed by atoms with Gasteiger partial charge in [-0.1, -0.05) is 34.6 Å². The average Bonchev–Trinajstić information content (AvgIpc) is 2.71. The van der Waals surface area contributed by atoms with Crippen LogP contribution in [0.5, 0.6) is 0 Å². The second-order valence-electron chi connectivity index (χ2n) is 3.68. The minimum absolute atomic E-state index is 0.483. The summed E-state index contributed by atoms with van der Waals surface area (Å²) in [6, 6.07) is 8.85. The molecule has 1 heterocycles. The van der Waals surface area contributed by atoms with Gasteiger partial charge >= 0.3 is 0 Å². The summed E-state index contributed by atoms with van der Waals surface area (Å²) in [4.78, 5) is 0. The van der Waals surface area contributed by atoms with Crippen molar-refractivity contribution < 1.29 is 0 Å². The molecule has 0 aliphatic carbocycles. The van der Waals surface area contributed by atoms with Crippen LogP contribution in [0.4, 0.5) is 0 Å². The Morgan fingerprint density at radius 1 is 1.36 bits per heavy atom. The topological polar surface area (TPSA) is 12.0 Å². The highest BCUT2D eigenvalue weighted by atomic mass is 79.9. The molecular formula is C12H14BrN. The zero-order chi connectivity index (χ0) is 9.97. The summed E-state index contributed by atoms with van der Waals surface area (Å²) >= 11 is 3.43. The third-order valence-electron chi connectivity index (χ3n) is 2.70. The van der Waals surface area contributed by atoms with Gasteiger partial charge in [-0.15, -0.1) is 0 Å². The smallest absolute Gasteiger partial charge is 0.0320 e. The molecule has 0 aromatic heterocycles. The van der Waals surface area contributed by atoms with Crippen molar-refractivity contribution in [3.05, 3.63) is 40.9 Å². The van der Waals surface area contributed by atoms with Gasteiger partial charge in [0.2, 0.25) is 0 Å². The van der Waals surface area contributed by atoms with Crippen LogP contribution in [0.15, 0.2) is 35.3 Å². The predicted molar refractivity (Wildman–Crippen MR) is 64.2 cm³/mol. The Bertz CT molecular complexity index is 323. The average molecular weight is 252 g/mol. The van der Waals surface area contributed by atoms with Crippen LogP contribution >= 0.6 is 15.9 Å². The van der Waals surface area contributed by atoms with E-state index in [0.717, 1.165) is 11.0 Å². The Balaban J connectivity index is 2.14. The van der Waals surface area contributed by atoms with Crippen molar-refractivity contribution in [3.63, 3.8) is 0 Å². The van der Waals surface area contributed by atoms with Gasteiger partial charge in [-0.2, -0.15) is 0 Å². The van der Waals surface area contributed by atoms with Gasteiger partial charge in [0.25, 0.3) is 0 Å². The number of benzene rings is 1. The van der Waals surface area contributed by atoms with Crippen molar-refractivity contribution in [2.75, 3.05) is 6.54 Å². The molecular weight excluding hydrogens is 238 g/mol. The second-order valence-corrected chi connectivity index (χ2v) is 4.60. The molecule has 1 aromatic carbocycles. The molecule has 74 valence electrons. The Kier molecular flexibility index (Phi) is 3.04. The second kappa shape index (κ2) is 4.28. The van der Waals surface area contributed by atoms with E-state index in [9.17, 15) is 0 Å². The molecule has 1 unspecified atom stereocenters. The van der Waals surface area contributed by atoms with E-state index in [1.165, 1.54) is 24.0 Å². The lowest BCUT2D eigenvalue weighted by Crippen LogP contribution is -2.22. The summed E-state index contributed by atoms with van der Waals surface area (Å²) in [5, 5.41) is 3.46. The van der Waals surface area contributed by atoms with E-state index >= 15 is 0 Å². The molecule has 2 heteroatoms. The maximum absolute atomic E-state index is 4.16. The minimum Gasteiger partial charge on any atom is -0.310 e. The van der Waals surface area contributed by atoms with E-state index in [1.807, 2.05) is 0 Å². The predicted octanol–water partition coefficient (Wildman–Crippen LogP) is 3.21. The van der Waals surface area contributed by atoms with Crippen LogP contribution in [0.1, 0.15) is 18.4 Å². The van der Waals surface area contributed by atoms with Gasteiger partial charge in [0.05, 0.1) is 0 Å². The van der Waals surface area contributed by atoms with Gasteiger partial charge in [-0.05, 0) is 42.7 Å². The first-order valence-corrected chi connectivity index (χ1v) is 5.75. The highest BCUT2D eigenvalue weighted by Crippen LogP contribution is 2.23. The summed E-state index contributed by atoms with van der Waals surface area (Å²) in [5.74, 6) is 0. The van der Waals surface area contributed by atoms with Gasteiger partial charge < -0.3 is 5.32 Å². The Morgan fingerprint density at radius 2 is 2.07 bits per heavy atom. The number of hydrogen-bond donors (Lipinski definition) is 1. The molecule has 1 atom stereocenters. The minimum atomic E-state index is 0.483. The summed E-state index contributed by atoms with van der Waals surface area (Å²) < 4.78 is 1.12. The fraction of sp³-hybridized carbons (Fsp3) is 0.333. The molecule has 1 aromatic rings. The van der Waals surface area contributed by atoms with E-state index in [4.69, 9.17) is 0 Å². The van der Waals surface area contributed by atoms with Gasteiger partial charge in [-0.3, -0.25) is 0 Å². The van der Waals surface area contributed by atoms with Gasteiger partial charge in [0.15, 0.2) is 0 Å². The first-order valence-electron chi connectivity index (χ1n) is 4.95. The lowest BCUT2D eigenvalue weighted by Gasteiger charge is -2.13. The molecule has 0 spiro atoms. The van der Waals surface area contributed by atoms with Crippen LogP contribution in [0, 0.1) is 0 Å². The van der Waals surface area contributed by atoms with Crippen LogP contribution in [0.25, 0.3) is 5.57 Å². The molecule has 1 aliphatic heterocycles. The molecule has 14 heavy (non-hydrogen) atoms. The molecule has 0 bridgehead atoms. The molecule has 0 radical (unpaired) electrons. The molecule has 0 saturated carbocycles. The fourth-order valence-electron chi connectivity index (χ4n) is 1.85. The number of halogens is 1. The molecule has 0 amide bonds. The third kappa shape index (κ3) is 2.07. The lowest BCUT2D eigenvalue weighted by atomic mass is 9.99. The number of hydrogen-bond acceptors (Lipinski definition) is 1. The van der Waals surface area contributed by atoms with Crippen molar-refractivity contribution in [1.29, 1.82) is 0 Å². The molecule has 1 fully saturated rings. The lowest BCUT2D eigenvalue weighted by molar-refractivity contribution is 0.745. The standard InChI is InChI=1S/C12H14BrN/c1-9(12-3-2-8-14-12)10-4-6-11(13)7-5-10/h4-7,12,14H,1-3,8H2. The van der Waals surface area contributed by atoms with Crippen LogP contribution in [-0.4, -0.2) is 12.6 Å². The SMILES string of the molecule is C=C(c1ccc(Br)cc1)C1CCCN1. The Labute approximate surface area is 93.3 Å². The van der Waals surface area contributed by atoms with Crippen molar-refractivity contribution in [1.82, 2.24) is 5.32 Å². The Hall–Kier alpha value is -0.600. The van der Waals surface area contributed by atoms with E-state index < -0.39 is 0 Å². The first-order chi connectivity index (χ1) is 6.77. The van der Waals surface area contributed by atoms with E-state index in [0.29, 0.717) is 6.04 Å². The first kappa shape index (κ1) is 9.94. The number of rotatable bonds is 2. The molecule has 1 aliphatic rings. The van der Waals surface area contributed by atoms with Crippen LogP contribution in [0.2, 0.25) is 0 Å². The monoisotopic (exact) mass is 251 g/mol. The zero-order valence-corrected chi connectivity index (χ0v) is 9.68. The largest absolute Gasteiger partial charge is 0.310 e. The van der Waals surface area contributed by atoms with Crippen LogP contribution < -0.4 is 5.32 Å². The summed E-state index contributed by atoms with van der Waals surface area (Å²) in [7, 11) is 0. The van der Waals surface area contributed by atoms with Crippen molar-refractivity contribution in [3.8, 4) is 0 Å². The third-order valence-corrected chi connectivity index (χ3v) is 3.22. The maximum Gasteiger partial charge on any atom is 0.0320 e. The summed E-state index contributed by atoms with van der Waals surface area (Å²) in [6.45, 7) is 5.28. The fourth-order valence-corrected chi connectivity index (χ4v) is 2.11. The van der Waals surface area contributed by atoms with Crippen LogP contribution in [-0.2, 0) is 0 Å². The highest BCUT2D eigenvalue weighted by molar-refractivity contribution is 9.10. The van der Waals surface area contributed by atoms with Crippen molar-refractivity contribution >= 4 is 21.5 Å². The van der Waals surface area contributed by atoms with Crippen LogP contribution in [0.3, 0.4) is 0 Å². The van der Waals surface area contributed by atoms with E-state index in [2.05, 4.69) is 52.1 Å². The van der Waals surface area contributed by atoms with Crippen molar-refractivity contribution in [2.45, 2.75) is 18.9 Å². The van der Waals surface area contributed by atoms with Gasteiger partial charge in [0, 0.05) is 10.5 Å². The molecule has 1 N–H and O–H groups in total. The van der Waals surface area contributed by atoms with E-state index in [-0.39, 0.29) is 0 Å². The maximum atomic E-state index is 4.16. The number of nitrogens with one attached hydrogen (secondary N) is 1. The van der Waals surface area contributed by atoms with E-state index in [1.54, 1.807) is 0 Å². The molecule has 2 rings (SSSR count). The zero-order valence-electron chi connectivity index (χ0n) is 8.09. The quantitative estimate of drug-likeness (QED) is 0.852. The van der Waals surface area contributed by atoms with Crippen molar-refractivity contribution in [2.24, 2.45) is 0 Å². The van der Waals surface area contributed by atoms with Gasteiger partial charge in [0.1, 0.15) is 0 Å². The molecule has 1 nitrogen and oxygen atoms in total. The summed E-state index contributed by atoms with van der Waals surface area (Å²) in [5.41, 5.74) is 2.46. The van der Waals surface area contributed by atoms with Gasteiger partial charge in [-0.25, -0.2) is 0 Å². The summed E-state index contributed by atoms with van der Waals surface area (Å²) in [6.07, 6.45) is 2.48. The normalized spacial score (nSPS) is 21.1. The molecule has 1 saturated heterocycles. The highest BCUT2D eigenvalue weighted by Gasteiger charge is 2.17.